The molecule has 0 aliphatic carbocycles. The summed E-state index contributed by atoms with van der Waals surface area (Å²) >= 11 is 0. The van der Waals surface area contributed by atoms with Crippen molar-refractivity contribution in [1.29, 1.82) is 0 Å². The molecular weight excluding hydrogens is 336 g/mol. The van der Waals surface area contributed by atoms with E-state index in [1.165, 1.54) is 22.7 Å². The zero-order valence-electron chi connectivity index (χ0n) is 14.6. The molecule has 24 heavy (non-hydrogen) atoms. The molecule has 2 heterocycles. The van der Waals surface area contributed by atoms with E-state index in [0.29, 0.717) is 39.3 Å². The summed E-state index contributed by atoms with van der Waals surface area (Å²) in [6, 6.07) is -0.226. The number of urea groups is 1. The maximum atomic E-state index is 12.4. The van der Waals surface area contributed by atoms with Crippen LogP contribution in [0, 0.1) is 0 Å². The van der Waals surface area contributed by atoms with Gasteiger partial charge in [0.15, 0.2) is 0 Å². The zero-order valence-corrected chi connectivity index (χ0v) is 15.4. The summed E-state index contributed by atoms with van der Waals surface area (Å²) in [5.74, 6) is 0. The molecule has 0 radical (unpaired) electrons. The van der Waals surface area contributed by atoms with Crippen molar-refractivity contribution in [2.24, 2.45) is 0 Å². The monoisotopic (exact) mass is 364 g/mol. The molecule has 2 aliphatic rings. The maximum absolute atomic E-state index is 12.4. The van der Waals surface area contributed by atoms with Crippen molar-refractivity contribution in [2.45, 2.75) is 31.5 Å². The Bertz CT molecular complexity index is 541. The highest BCUT2D eigenvalue weighted by Crippen LogP contribution is 2.33. The van der Waals surface area contributed by atoms with E-state index in [1.807, 2.05) is 6.92 Å². The van der Waals surface area contributed by atoms with Crippen LogP contribution in [-0.4, -0.2) is 88.3 Å². The van der Waals surface area contributed by atoms with Gasteiger partial charge in [-0.1, -0.05) is 0 Å². The van der Waals surface area contributed by atoms with Gasteiger partial charge in [-0.3, -0.25) is 0 Å². The third kappa shape index (κ3) is 4.57. The molecule has 2 fully saturated rings. The van der Waals surface area contributed by atoms with Crippen molar-refractivity contribution >= 4 is 16.2 Å². The molecule has 2 rings (SSSR count). The van der Waals surface area contributed by atoms with Crippen LogP contribution in [0.2, 0.25) is 0 Å². The third-order valence-electron chi connectivity index (χ3n) is 4.27. The second kappa shape index (κ2) is 7.96. The lowest BCUT2D eigenvalue weighted by molar-refractivity contribution is -0.0803. The maximum Gasteiger partial charge on any atom is 0.314 e. The summed E-state index contributed by atoms with van der Waals surface area (Å²) in [5, 5.41) is 5.43. The molecule has 2 aliphatic heterocycles. The van der Waals surface area contributed by atoms with Crippen LogP contribution in [-0.2, 0) is 19.7 Å². The largest absolute Gasteiger partial charge is 0.377 e. The quantitative estimate of drug-likeness (QED) is 0.676. The summed E-state index contributed by atoms with van der Waals surface area (Å²) in [4.78, 5) is 11.5. The second-order valence-corrected chi connectivity index (χ2v) is 8.52. The molecule has 0 saturated carbocycles. The van der Waals surface area contributed by atoms with Gasteiger partial charge in [-0.2, -0.15) is 17.0 Å². The van der Waals surface area contributed by atoms with Crippen molar-refractivity contribution in [3.8, 4) is 0 Å². The predicted octanol–water partition coefficient (Wildman–Crippen LogP) is -0.638. The summed E-state index contributed by atoms with van der Waals surface area (Å²) in [6.45, 7) is 4.10. The summed E-state index contributed by atoms with van der Waals surface area (Å²) in [7, 11) is -0.478. The van der Waals surface area contributed by atoms with E-state index in [0.717, 1.165) is 6.42 Å². The fraction of sp³-hybridized carbons (Fsp3) is 0.929. The normalized spacial score (nSPS) is 28.9. The lowest BCUT2D eigenvalue weighted by Gasteiger charge is -2.32. The summed E-state index contributed by atoms with van der Waals surface area (Å²) < 4.78 is 39.2. The first-order chi connectivity index (χ1) is 11.3. The van der Waals surface area contributed by atoms with Gasteiger partial charge in [0.05, 0.1) is 19.3 Å². The van der Waals surface area contributed by atoms with Crippen LogP contribution in [0.25, 0.3) is 0 Å². The summed E-state index contributed by atoms with van der Waals surface area (Å²) in [5.41, 5.74) is -0.646. The Morgan fingerprint density at radius 1 is 1.38 bits per heavy atom. The molecule has 0 aromatic carbocycles. The van der Waals surface area contributed by atoms with E-state index in [9.17, 15) is 13.2 Å². The van der Waals surface area contributed by atoms with Crippen LogP contribution in [0.15, 0.2) is 0 Å². The zero-order chi connectivity index (χ0) is 17.8. The Hall–Kier alpha value is -0.940. The molecule has 9 nitrogen and oxygen atoms in total. The number of nitrogens with one attached hydrogen (secondary N) is 2. The van der Waals surface area contributed by atoms with Gasteiger partial charge >= 0.3 is 6.03 Å². The van der Waals surface area contributed by atoms with Gasteiger partial charge in [0.2, 0.25) is 0 Å². The molecule has 2 N–H and O–H groups in total. The van der Waals surface area contributed by atoms with Crippen molar-refractivity contribution in [2.75, 3.05) is 53.5 Å². The molecule has 2 atom stereocenters. The van der Waals surface area contributed by atoms with Crippen LogP contribution in [0.1, 0.15) is 19.8 Å². The van der Waals surface area contributed by atoms with E-state index in [2.05, 4.69) is 10.6 Å². The Labute approximate surface area is 143 Å². The van der Waals surface area contributed by atoms with Crippen LogP contribution < -0.4 is 10.6 Å². The minimum Gasteiger partial charge on any atom is -0.377 e. The lowest BCUT2D eigenvalue weighted by Crippen LogP contribution is -2.50. The van der Waals surface area contributed by atoms with E-state index in [4.69, 9.17) is 9.47 Å². The SMILES string of the molecule is CCNC(=O)NC[C@@H]1CC[C@]2(COCCN(S(=O)(=O)N(C)C)C2)O1. The number of hydrogen-bond acceptors (Lipinski definition) is 5. The molecule has 0 unspecified atom stereocenters. The average molecular weight is 364 g/mol. The van der Waals surface area contributed by atoms with Crippen molar-refractivity contribution < 1.29 is 22.7 Å². The van der Waals surface area contributed by atoms with Crippen LogP contribution >= 0.6 is 0 Å². The number of carbonyl (C=O) groups is 1. The molecule has 1 spiro atoms. The highest BCUT2D eigenvalue weighted by atomic mass is 32.2. The Morgan fingerprint density at radius 2 is 2.12 bits per heavy atom. The van der Waals surface area contributed by atoms with Gasteiger partial charge in [0, 0.05) is 40.3 Å². The van der Waals surface area contributed by atoms with Crippen LogP contribution in [0.4, 0.5) is 4.79 Å². The Balaban J connectivity index is 1.98. The Kier molecular flexibility index (Phi) is 6.43. The molecular formula is C14H28N4O5S. The van der Waals surface area contributed by atoms with Gasteiger partial charge < -0.3 is 20.1 Å². The first kappa shape index (κ1) is 19.4. The highest BCUT2D eigenvalue weighted by molar-refractivity contribution is 7.86. The molecule has 0 aromatic rings. The molecule has 2 amide bonds. The molecule has 2 saturated heterocycles. The van der Waals surface area contributed by atoms with E-state index in [1.54, 1.807) is 0 Å². The fourth-order valence-corrected chi connectivity index (χ4v) is 4.16. The third-order valence-corrected chi connectivity index (χ3v) is 6.16. The number of carbonyl (C=O) groups excluding carboxylic acids is 1. The second-order valence-electron chi connectivity index (χ2n) is 6.38. The topological polar surface area (TPSA) is 100 Å². The van der Waals surface area contributed by atoms with Crippen LogP contribution in [0.3, 0.4) is 0 Å². The smallest absolute Gasteiger partial charge is 0.314 e. The van der Waals surface area contributed by atoms with Gasteiger partial charge in [0.25, 0.3) is 10.2 Å². The van der Waals surface area contributed by atoms with Crippen molar-refractivity contribution in [3.63, 3.8) is 0 Å². The van der Waals surface area contributed by atoms with Gasteiger partial charge in [-0.05, 0) is 19.8 Å². The lowest BCUT2D eigenvalue weighted by atomic mass is 10.0. The predicted molar refractivity (Wildman–Crippen MR) is 88.9 cm³/mol. The van der Waals surface area contributed by atoms with Crippen molar-refractivity contribution in [1.82, 2.24) is 19.2 Å². The summed E-state index contributed by atoms with van der Waals surface area (Å²) in [6.07, 6.45) is 1.32. The minimum absolute atomic E-state index is 0.141. The van der Waals surface area contributed by atoms with Gasteiger partial charge in [-0.25, -0.2) is 4.79 Å². The van der Waals surface area contributed by atoms with Crippen LogP contribution in [0.5, 0.6) is 0 Å². The molecule has 0 aromatic heterocycles. The number of rotatable bonds is 5. The number of nitrogens with zero attached hydrogens (tertiary/aromatic N) is 2. The first-order valence-electron chi connectivity index (χ1n) is 8.24. The molecule has 0 bridgehead atoms. The van der Waals surface area contributed by atoms with E-state index < -0.39 is 15.8 Å². The molecule has 10 heteroatoms. The Morgan fingerprint density at radius 3 is 2.79 bits per heavy atom. The number of hydrogen-bond donors (Lipinski definition) is 2. The number of amides is 2. The molecule has 140 valence electrons. The minimum atomic E-state index is -3.51. The van der Waals surface area contributed by atoms with E-state index in [-0.39, 0.29) is 18.7 Å². The fourth-order valence-electron chi connectivity index (χ4n) is 2.99. The van der Waals surface area contributed by atoms with Crippen molar-refractivity contribution in [3.05, 3.63) is 0 Å². The van der Waals surface area contributed by atoms with E-state index >= 15 is 0 Å². The standard InChI is InChI=1S/C14H28N4O5S/c1-4-15-13(19)16-9-12-5-6-14(23-12)10-18(7-8-22-11-14)24(20,21)17(2)3/h12H,4-11H2,1-3H3,(H2,15,16,19)/t12-,14-/m0/s1. The number of ether oxygens (including phenoxy) is 2. The highest BCUT2D eigenvalue weighted by Gasteiger charge is 2.45. The average Bonchev–Trinajstić information content (AvgIpc) is 2.78. The van der Waals surface area contributed by atoms with Gasteiger partial charge in [-0.15, -0.1) is 0 Å². The first-order valence-corrected chi connectivity index (χ1v) is 9.63. The van der Waals surface area contributed by atoms with Gasteiger partial charge in [0.1, 0.15) is 5.60 Å².